The van der Waals surface area contributed by atoms with E-state index >= 15 is 0 Å². The molecule has 0 saturated carbocycles. The second kappa shape index (κ2) is 14.1. The Morgan fingerprint density at radius 1 is 1.07 bits per heavy atom. The molecule has 0 unspecified atom stereocenters. The van der Waals surface area contributed by atoms with E-state index in [9.17, 15) is 15.0 Å². The van der Waals surface area contributed by atoms with Crippen molar-refractivity contribution in [3.63, 3.8) is 0 Å². The predicted molar refractivity (Wildman–Crippen MR) is 179 cm³/mol. The van der Waals surface area contributed by atoms with Crippen molar-refractivity contribution in [1.82, 2.24) is 20.3 Å². The molecular formula is C35H39N7O4. The SMILES string of the molecule is CCc1c(CN[C@@H](CO)[C@@H](O)c2ccccc2)cccc1Nc1c(C(N)=O)cnc2nc(-c3ccc(N4CCOCC4)cc3)[nH]c12. The highest BCUT2D eigenvalue weighted by molar-refractivity contribution is 6.06. The van der Waals surface area contributed by atoms with Crippen LogP contribution in [0, 0.1) is 0 Å². The van der Waals surface area contributed by atoms with Gasteiger partial charge in [-0.05, 0) is 53.4 Å². The van der Waals surface area contributed by atoms with Gasteiger partial charge in [-0.1, -0.05) is 49.4 Å². The first-order valence-corrected chi connectivity index (χ1v) is 15.5. The van der Waals surface area contributed by atoms with E-state index in [0.717, 1.165) is 46.7 Å². The van der Waals surface area contributed by atoms with Crippen LogP contribution in [-0.2, 0) is 17.7 Å². The molecule has 6 rings (SSSR count). The minimum Gasteiger partial charge on any atom is -0.395 e. The number of hydrogen-bond acceptors (Lipinski definition) is 9. The number of carbonyl (C=O) groups excluding carboxylic acids is 1. The molecule has 238 valence electrons. The molecule has 1 aliphatic heterocycles. The van der Waals surface area contributed by atoms with Gasteiger partial charge in [-0.25, -0.2) is 9.97 Å². The van der Waals surface area contributed by atoms with Crippen LogP contribution in [-0.4, -0.2) is 70.0 Å². The second-order valence-corrected chi connectivity index (χ2v) is 11.3. The van der Waals surface area contributed by atoms with Crippen molar-refractivity contribution >= 4 is 34.1 Å². The number of pyridine rings is 1. The lowest BCUT2D eigenvalue weighted by molar-refractivity contribution is 0.0891. The molecule has 2 aromatic heterocycles. The number of aromatic nitrogens is 3. The van der Waals surface area contributed by atoms with Gasteiger partial charge in [-0.3, -0.25) is 4.79 Å². The van der Waals surface area contributed by atoms with Crippen molar-refractivity contribution < 1.29 is 19.7 Å². The van der Waals surface area contributed by atoms with Gasteiger partial charge in [0.15, 0.2) is 5.65 Å². The maximum absolute atomic E-state index is 12.6. The molecule has 1 saturated heterocycles. The number of morpholine rings is 1. The molecule has 2 atom stereocenters. The first-order valence-electron chi connectivity index (χ1n) is 15.5. The zero-order valence-electron chi connectivity index (χ0n) is 25.7. The third-order valence-corrected chi connectivity index (χ3v) is 8.46. The van der Waals surface area contributed by atoms with Crippen LogP contribution >= 0.6 is 0 Å². The molecule has 1 amide bonds. The number of nitrogens with one attached hydrogen (secondary N) is 3. The molecule has 0 aliphatic carbocycles. The number of hydrogen-bond donors (Lipinski definition) is 6. The van der Waals surface area contributed by atoms with Crippen molar-refractivity contribution in [2.45, 2.75) is 32.0 Å². The van der Waals surface area contributed by atoms with Gasteiger partial charge in [0.1, 0.15) is 11.3 Å². The Bertz CT molecular complexity index is 1790. The number of benzene rings is 3. The van der Waals surface area contributed by atoms with Gasteiger partial charge >= 0.3 is 0 Å². The van der Waals surface area contributed by atoms with Crippen LogP contribution in [0.1, 0.15) is 40.1 Å². The molecule has 1 fully saturated rings. The highest BCUT2D eigenvalue weighted by Gasteiger charge is 2.22. The number of aromatic amines is 1. The van der Waals surface area contributed by atoms with Gasteiger partial charge in [0.2, 0.25) is 0 Å². The largest absolute Gasteiger partial charge is 0.395 e. The summed E-state index contributed by atoms with van der Waals surface area (Å²) in [5, 5.41) is 27.7. The quantitative estimate of drug-likeness (QED) is 0.121. The summed E-state index contributed by atoms with van der Waals surface area (Å²) in [6.07, 6.45) is 1.27. The molecule has 46 heavy (non-hydrogen) atoms. The Balaban J connectivity index is 1.28. The molecule has 0 spiro atoms. The Morgan fingerprint density at radius 3 is 2.52 bits per heavy atom. The highest BCUT2D eigenvalue weighted by Crippen LogP contribution is 2.33. The minimum atomic E-state index is -0.869. The number of primary amides is 1. The van der Waals surface area contributed by atoms with Crippen molar-refractivity contribution in [3.8, 4) is 11.4 Å². The number of carbonyl (C=O) groups is 1. The van der Waals surface area contributed by atoms with Crippen LogP contribution in [0.5, 0.6) is 0 Å². The number of nitrogens with zero attached hydrogens (tertiary/aromatic N) is 3. The van der Waals surface area contributed by atoms with E-state index in [2.05, 4.69) is 44.6 Å². The summed E-state index contributed by atoms with van der Waals surface area (Å²) in [5.74, 6) is 0.0147. The van der Waals surface area contributed by atoms with E-state index in [1.165, 1.54) is 6.20 Å². The molecule has 11 nitrogen and oxygen atoms in total. The first-order chi connectivity index (χ1) is 22.5. The van der Waals surface area contributed by atoms with Gasteiger partial charge in [-0.2, -0.15) is 0 Å². The molecule has 3 aromatic carbocycles. The number of fused-ring (bicyclic) bond motifs is 1. The fourth-order valence-electron chi connectivity index (χ4n) is 5.93. The Morgan fingerprint density at radius 2 is 1.83 bits per heavy atom. The lowest BCUT2D eigenvalue weighted by Gasteiger charge is -2.28. The fraction of sp³-hybridized carbons (Fsp3) is 0.286. The average molecular weight is 622 g/mol. The molecule has 7 N–H and O–H groups in total. The first kappa shape index (κ1) is 31.2. The van der Waals surface area contributed by atoms with Gasteiger partial charge < -0.3 is 41.2 Å². The van der Waals surface area contributed by atoms with Crippen LogP contribution in [0.3, 0.4) is 0 Å². The summed E-state index contributed by atoms with van der Waals surface area (Å²) in [5.41, 5.74) is 13.1. The van der Waals surface area contributed by atoms with Crippen LogP contribution in [0.15, 0.2) is 79.0 Å². The summed E-state index contributed by atoms with van der Waals surface area (Å²) >= 11 is 0. The maximum atomic E-state index is 12.6. The van der Waals surface area contributed by atoms with Crippen molar-refractivity contribution in [3.05, 3.63) is 101 Å². The molecule has 0 radical (unpaired) electrons. The average Bonchev–Trinajstić information content (AvgIpc) is 3.54. The zero-order valence-corrected chi connectivity index (χ0v) is 25.7. The predicted octanol–water partition coefficient (Wildman–Crippen LogP) is 4.05. The van der Waals surface area contributed by atoms with E-state index in [-0.39, 0.29) is 12.2 Å². The number of H-pyrrole nitrogens is 1. The molecular weight excluding hydrogens is 582 g/mol. The number of rotatable bonds is 12. The number of ether oxygens (including phenoxy) is 1. The Kier molecular flexibility index (Phi) is 9.55. The van der Waals surface area contributed by atoms with E-state index in [4.69, 9.17) is 15.5 Å². The maximum Gasteiger partial charge on any atom is 0.252 e. The molecule has 3 heterocycles. The van der Waals surface area contributed by atoms with Crippen molar-refractivity contribution in [2.24, 2.45) is 5.73 Å². The van der Waals surface area contributed by atoms with E-state index in [1.54, 1.807) is 0 Å². The summed E-state index contributed by atoms with van der Waals surface area (Å²) in [4.78, 5) is 27.4. The molecule has 11 heteroatoms. The third kappa shape index (κ3) is 6.58. The fourth-order valence-corrected chi connectivity index (χ4v) is 5.93. The number of anilines is 3. The summed E-state index contributed by atoms with van der Waals surface area (Å²) in [6.45, 7) is 5.38. The minimum absolute atomic E-state index is 0.232. The molecule has 1 aliphatic rings. The number of imidazole rings is 1. The van der Waals surface area contributed by atoms with Gasteiger partial charge in [0.25, 0.3) is 5.91 Å². The smallest absolute Gasteiger partial charge is 0.252 e. The van der Waals surface area contributed by atoms with Gasteiger partial charge in [0, 0.05) is 42.8 Å². The van der Waals surface area contributed by atoms with Gasteiger partial charge in [-0.15, -0.1) is 0 Å². The van der Waals surface area contributed by atoms with E-state index in [0.29, 0.717) is 48.9 Å². The molecule has 5 aromatic rings. The van der Waals surface area contributed by atoms with Gasteiger partial charge in [0.05, 0.1) is 43.2 Å². The number of amides is 1. The topological polar surface area (TPSA) is 162 Å². The number of aliphatic hydroxyl groups is 2. The standard InChI is InChI=1S/C35H39N7O4/c1-2-26-24(19-37-29(21-43)32(44)22-7-4-3-5-8-22)9-6-10-28(26)39-30-27(33(36)45)20-38-35-31(30)40-34(41-35)23-11-13-25(14-12-23)42-15-17-46-18-16-42/h3-14,20,29,32,37,43-44H,2,15-19,21H2,1H3,(H2,36,45)(H2,38,39,40,41)/t29-,32-/m0/s1. The highest BCUT2D eigenvalue weighted by atomic mass is 16.5. The summed E-state index contributed by atoms with van der Waals surface area (Å²) in [6, 6.07) is 22.8. The monoisotopic (exact) mass is 621 g/mol. The van der Waals surface area contributed by atoms with Crippen LogP contribution < -0.4 is 21.3 Å². The number of nitrogens with two attached hydrogens (primary N) is 1. The van der Waals surface area contributed by atoms with E-state index in [1.807, 2.05) is 60.7 Å². The van der Waals surface area contributed by atoms with Crippen LogP contribution in [0.4, 0.5) is 17.1 Å². The van der Waals surface area contributed by atoms with Crippen molar-refractivity contribution in [2.75, 3.05) is 43.1 Å². The zero-order chi connectivity index (χ0) is 32.0. The van der Waals surface area contributed by atoms with E-state index < -0.39 is 18.1 Å². The second-order valence-electron chi connectivity index (χ2n) is 11.3. The Labute approximate surface area is 267 Å². The normalized spacial score (nSPS) is 14.7. The van der Waals surface area contributed by atoms with Crippen LogP contribution in [0.2, 0.25) is 0 Å². The lowest BCUT2D eigenvalue weighted by atomic mass is 10.00. The lowest BCUT2D eigenvalue weighted by Crippen LogP contribution is -2.37. The summed E-state index contributed by atoms with van der Waals surface area (Å²) < 4.78 is 5.48. The third-order valence-electron chi connectivity index (χ3n) is 8.46. The Hall–Kier alpha value is -4.81. The molecule has 0 bridgehead atoms. The summed E-state index contributed by atoms with van der Waals surface area (Å²) in [7, 11) is 0. The van der Waals surface area contributed by atoms with Crippen LogP contribution in [0.25, 0.3) is 22.6 Å². The number of aliphatic hydroxyl groups excluding tert-OH is 2. The van der Waals surface area contributed by atoms with Crippen molar-refractivity contribution in [1.29, 1.82) is 0 Å².